The molecule has 0 fully saturated rings. The van der Waals surface area contributed by atoms with E-state index in [1.807, 2.05) is 31.2 Å². The maximum atomic E-state index is 5.37. The van der Waals surface area contributed by atoms with E-state index in [0.29, 0.717) is 13.0 Å². The van der Waals surface area contributed by atoms with Gasteiger partial charge in [-0.1, -0.05) is 17.3 Å². The van der Waals surface area contributed by atoms with Crippen LogP contribution in [0.15, 0.2) is 29.4 Å². The molecule has 73 valence electrons. The van der Waals surface area contributed by atoms with Crippen LogP contribution in [-0.4, -0.2) is 12.3 Å². The summed E-state index contributed by atoms with van der Waals surface area (Å²) in [5, 5.41) is 4.05. The van der Waals surface area contributed by atoms with Crippen molar-refractivity contribution in [1.82, 2.24) is 0 Å². The monoisotopic (exact) mass is 190 g/mol. The molecule has 1 heterocycles. The summed E-state index contributed by atoms with van der Waals surface area (Å²) in [5.74, 6) is 0.845. The Kier molecular flexibility index (Phi) is 2.68. The van der Waals surface area contributed by atoms with Gasteiger partial charge in [0.05, 0.1) is 5.71 Å². The summed E-state index contributed by atoms with van der Waals surface area (Å²) in [6.07, 6.45) is 0.691. The number of ether oxygens (including phenoxy) is 1. The molecular weight excluding hydrogens is 178 g/mol. The molecule has 0 spiro atoms. The van der Waals surface area contributed by atoms with Gasteiger partial charge in [0, 0.05) is 12.0 Å². The standard InChI is InChI=1S/C11H12NO2/c1-2-14-12-10-7-8-13-11-6-4-3-5-9(10)11/h3-6,8H,2,7H2,1H3/b12-10-. The highest BCUT2D eigenvalue weighted by atomic mass is 16.6. The lowest BCUT2D eigenvalue weighted by molar-refractivity contribution is 0.158. The Morgan fingerprint density at radius 3 is 3.14 bits per heavy atom. The molecule has 0 amide bonds. The first-order valence-corrected chi connectivity index (χ1v) is 4.68. The third-order valence-electron chi connectivity index (χ3n) is 1.99. The number of oxime groups is 1. The quantitative estimate of drug-likeness (QED) is 0.670. The maximum absolute atomic E-state index is 5.37. The first-order chi connectivity index (χ1) is 6.92. The SMILES string of the molecule is CCO/N=C1/C[CH]Oc2ccccc21. The molecule has 0 atom stereocenters. The molecule has 1 aliphatic heterocycles. The van der Waals surface area contributed by atoms with Crippen LogP contribution in [0.2, 0.25) is 0 Å². The van der Waals surface area contributed by atoms with E-state index in [9.17, 15) is 0 Å². The molecule has 1 aliphatic rings. The lowest BCUT2D eigenvalue weighted by Gasteiger charge is -2.17. The summed E-state index contributed by atoms with van der Waals surface area (Å²) in [4.78, 5) is 5.04. The second-order valence-corrected chi connectivity index (χ2v) is 2.94. The Balaban J connectivity index is 2.31. The molecule has 3 nitrogen and oxygen atoms in total. The predicted molar refractivity (Wildman–Crippen MR) is 54.2 cm³/mol. The highest BCUT2D eigenvalue weighted by molar-refractivity contribution is 6.03. The van der Waals surface area contributed by atoms with E-state index in [-0.39, 0.29) is 0 Å². The third-order valence-corrected chi connectivity index (χ3v) is 1.99. The highest BCUT2D eigenvalue weighted by Gasteiger charge is 2.16. The summed E-state index contributed by atoms with van der Waals surface area (Å²) >= 11 is 0. The normalized spacial score (nSPS) is 17.4. The fourth-order valence-electron chi connectivity index (χ4n) is 1.36. The Morgan fingerprint density at radius 2 is 2.29 bits per heavy atom. The van der Waals surface area contributed by atoms with E-state index in [4.69, 9.17) is 9.57 Å². The second kappa shape index (κ2) is 4.13. The topological polar surface area (TPSA) is 30.8 Å². The first kappa shape index (κ1) is 9.06. The summed E-state index contributed by atoms with van der Waals surface area (Å²) in [5.41, 5.74) is 1.94. The van der Waals surface area contributed by atoms with Crippen LogP contribution in [0.5, 0.6) is 5.75 Å². The van der Waals surface area contributed by atoms with Gasteiger partial charge in [0.1, 0.15) is 19.0 Å². The van der Waals surface area contributed by atoms with Gasteiger partial charge in [0.25, 0.3) is 0 Å². The van der Waals surface area contributed by atoms with Gasteiger partial charge in [0.2, 0.25) is 0 Å². The number of benzene rings is 1. The van der Waals surface area contributed by atoms with Crippen molar-refractivity contribution in [3.8, 4) is 5.75 Å². The van der Waals surface area contributed by atoms with Gasteiger partial charge in [-0.15, -0.1) is 0 Å². The minimum atomic E-state index is 0.590. The van der Waals surface area contributed by atoms with E-state index >= 15 is 0 Å². The van der Waals surface area contributed by atoms with Crippen molar-refractivity contribution in [2.24, 2.45) is 5.16 Å². The van der Waals surface area contributed by atoms with Gasteiger partial charge < -0.3 is 9.57 Å². The average Bonchev–Trinajstić information content (AvgIpc) is 2.26. The summed E-state index contributed by atoms with van der Waals surface area (Å²) in [6, 6.07) is 7.82. The zero-order chi connectivity index (χ0) is 9.80. The van der Waals surface area contributed by atoms with Crippen LogP contribution in [0.25, 0.3) is 0 Å². The first-order valence-electron chi connectivity index (χ1n) is 4.68. The number of nitrogens with zero attached hydrogens (tertiary/aromatic N) is 1. The lowest BCUT2D eigenvalue weighted by Crippen LogP contribution is -2.12. The van der Waals surface area contributed by atoms with Crippen molar-refractivity contribution in [2.75, 3.05) is 6.61 Å². The lowest BCUT2D eigenvalue weighted by atomic mass is 10.0. The molecule has 0 saturated heterocycles. The fraction of sp³-hybridized carbons (Fsp3) is 0.273. The van der Waals surface area contributed by atoms with Gasteiger partial charge in [-0.3, -0.25) is 0 Å². The van der Waals surface area contributed by atoms with Crippen LogP contribution in [0.4, 0.5) is 0 Å². The second-order valence-electron chi connectivity index (χ2n) is 2.94. The smallest absolute Gasteiger partial charge is 0.141 e. The van der Waals surface area contributed by atoms with Crippen LogP contribution >= 0.6 is 0 Å². The molecule has 2 rings (SSSR count). The zero-order valence-electron chi connectivity index (χ0n) is 8.06. The van der Waals surface area contributed by atoms with Crippen LogP contribution in [0.1, 0.15) is 18.9 Å². The van der Waals surface area contributed by atoms with Crippen molar-refractivity contribution in [3.05, 3.63) is 36.4 Å². The fourth-order valence-corrected chi connectivity index (χ4v) is 1.36. The predicted octanol–water partition coefficient (Wildman–Crippen LogP) is 2.37. The van der Waals surface area contributed by atoms with Gasteiger partial charge in [-0.2, -0.15) is 0 Å². The zero-order valence-corrected chi connectivity index (χ0v) is 8.06. The molecule has 0 aliphatic carbocycles. The van der Waals surface area contributed by atoms with E-state index in [2.05, 4.69) is 5.16 Å². The number of hydrogen-bond acceptors (Lipinski definition) is 3. The molecule has 0 bridgehead atoms. The summed E-state index contributed by atoms with van der Waals surface area (Å²) < 4.78 is 5.37. The molecule has 1 aromatic carbocycles. The molecule has 1 radical (unpaired) electrons. The highest BCUT2D eigenvalue weighted by Crippen LogP contribution is 2.25. The van der Waals surface area contributed by atoms with Crippen molar-refractivity contribution in [1.29, 1.82) is 0 Å². The number of rotatable bonds is 2. The van der Waals surface area contributed by atoms with E-state index in [1.54, 1.807) is 6.61 Å². The minimum absolute atomic E-state index is 0.590. The van der Waals surface area contributed by atoms with Gasteiger partial charge >= 0.3 is 0 Å². The van der Waals surface area contributed by atoms with E-state index in [1.165, 1.54) is 0 Å². The van der Waals surface area contributed by atoms with Gasteiger partial charge in [0.15, 0.2) is 0 Å². The Bertz CT molecular complexity index is 347. The van der Waals surface area contributed by atoms with Crippen molar-refractivity contribution in [3.63, 3.8) is 0 Å². The maximum Gasteiger partial charge on any atom is 0.141 e. The van der Waals surface area contributed by atoms with Crippen molar-refractivity contribution >= 4 is 5.71 Å². The molecule has 0 unspecified atom stereocenters. The molecule has 0 N–H and O–H groups in total. The van der Waals surface area contributed by atoms with Crippen molar-refractivity contribution < 1.29 is 9.57 Å². The number of fused-ring (bicyclic) bond motifs is 1. The average molecular weight is 190 g/mol. The molecule has 1 aromatic rings. The summed E-state index contributed by atoms with van der Waals surface area (Å²) in [6.45, 7) is 4.24. The van der Waals surface area contributed by atoms with Crippen LogP contribution in [0.3, 0.4) is 0 Å². The van der Waals surface area contributed by atoms with Crippen molar-refractivity contribution in [2.45, 2.75) is 13.3 Å². The van der Waals surface area contributed by atoms with Crippen LogP contribution in [-0.2, 0) is 4.84 Å². The largest absolute Gasteiger partial charge is 0.485 e. The Morgan fingerprint density at radius 1 is 1.43 bits per heavy atom. The number of hydrogen-bond donors (Lipinski definition) is 0. The van der Waals surface area contributed by atoms with Crippen LogP contribution < -0.4 is 4.74 Å². The van der Waals surface area contributed by atoms with Crippen LogP contribution in [0, 0.1) is 6.61 Å². The third kappa shape index (κ3) is 1.71. The number of para-hydroxylation sites is 1. The Hall–Kier alpha value is -1.51. The molecule has 0 saturated carbocycles. The van der Waals surface area contributed by atoms with Gasteiger partial charge in [-0.25, -0.2) is 0 Å². The molecule has 3 heteroatoms. The van der Waals surface area contributed by atoms with E-state index < -0.39 is 0 Å². The molecular formula is C11H12NO2. The molecule has 14 heavy (non-hydrogen) atoms. The molecule has 0 aromatic heterocycles. The van der Waals surface area contributed by atoms with Gasteiger partial charge in [-0.05, 0) is 19.1 Å². The Labute approximate surface area is 83.3 Å². The van der Waals surface area contributed by atoms with E-state index in [0.717, 1.165) is 17.0 Å². The minimum Gasteiger partial charge on any atom is -0.485 e. The summed E-state index contributed by atoms with van der Waals surface area (Å²) in [7, 11) is 0.